The summed E-state index contributed by atoms with van der Waals surface area (Å²) >= 11 is 5.94. The van der Waals surface area contributed by atoms with Crippen molar-refractivity contribution >= 4 is 11.6 Å². The zero-order valence-corrected chi connectivity index (χ0v) is 11.9. The Labute approximate surface area is 119 Å². The fourth-order valence-corrected chi connectivity index (χ4v) is 2.30. The molecule has 1 fully saturated rings. The Bertz CT molecular complexity index is 358. The van der Waals surface area contributed by atoms with Gasteiger partial charge in [-0.05, 0) is 43.7 Å². The predicted molar refractivity (Wildman–Crippen MR) is 77.1 cm³/mol. The highest BCUT2D eigenvalue weighted by Gasteiger charge is 2.26. The molecule has 1 saturated carbocycles. The molecule has 1 aliphatic rings. The molecule has 0 heterocycles. The summed E-state index contributed by atoms with van der Waals surface area (Å²) in [6.07, 6.45) is 5.87. The van der Waals surface area contributed by atoms with Crippen LogP contribution in [0.4, 0.5) is 0 Å². The van der Waals surface area contributed by atoms with Gasteiger partial charge < -0.3 is 15.3 Å². The molecule has 4 heteroatoms. The first kappa shape index (κ1) is 16.4. The fourth-order valence-electron chi connectivity index (χ4n) is 2.07. The summed E-state index contributed by atoms with van der Waals surface area (Å²) in [5.74, 6) is -1.31. The van der Waals surface area contributed by atoms with E-state index in [-0.39, 0.29) is 6.61 Å². The third-order valence-corrected chi connectivity index (χ3v) is 3.59. The largest absolute Gasteiger partial charge is 0.396 e. The molecule has 0 atom stereocenters. The first-order valence-electron chi connectivity index (χ1n) is 6.84. The quantitative estimate of drug-likeness (QED) is 0.589. The van der Waals surface area contributed by atoms with E-state index in [2.05, 4.69) is 0 Å². The van der Waals surface area contributed by atoms with E-state index in [0.717, 1.165) is 37.1 Å². The van der Waals surface area contributed by atoms with E-state index >= 15 is 0 Å². The molecule has 1 aromatic rings. The molecule has 2 rings (SSSR count). The van der Waals surface area contributed by atoms with E-state index in [9.17, 15) is 0 Å². The van der Waals surface area contributed by atoms with Crippen molar-refractivity contribution in [3.05, 3.63) is 34.9 Å². The van der Waals surface area contributed by atoms with Crippen molar-refractivity contribution in [3.8, 4) is 0 Å². The van der Waals surface area contributed by atoms with Gasteiger partial charge in [-0.15, -0.1) is 0 Å². The van der Waals surface area contributed by atoms with Gasteiger partial charge in [0.1, 0.15) is 0 Å². The predicted octanol–water partition coefficient (Wildman–Crippen LogP) is 2.90. The molecule has 0 saturated heterocycles. The molecule has 0 radical (unpaired) electrons. The van der Waals surface area contributed by atoms with Gasteiger partial charge in [0.15, 0.2) is 5.79 Å². The van der Waals surface area contributed by atoms with E-state index in [4.69, 9.17) is 26.9 Å². The summed E-state index contributed by atoms with van der Waals surface area (Å²) < 4.78 is 0. The highest BCUT2D eigenvalue weighted by molar-refractivity contribution is 6.31. The molecule has 0 aliphatic heterocycles. The lowest BCUT2D eigenvalue weighted by Gasteiger charge is -2.11. The third kappa shape index (κ3) is 6.92. The number of benzene rings is 1. The Morgan fingerprint density at radius 3 is 2.16 bits per heavy atom. The minimum atomic E-state index is -1.31. The van der Waals surface area contributed by atoms with Crippen LogP contribution in [-0.4, -0.2) is 27.7 Å². The van der Waals surface area contributed by atoms with Crippen molar-refractivity contribution < 1.29 is 15.3 Å². The summed E-state index contributed by atoms with van der Waals surface area (Å²) in [6, 6.07) is 7.84. The smallest absolute Gasteiger partial charge is 0.162 e. The minimum Gasteiger partial charge on any atom is -0.396 e. The van der Waals surface area contributed by atoms with Gasteiger partial charge in [0.05, 0.1) is 0 Å². The second-order valence-electron chi connectivity index (χ2n) is 4.96. The second-order valence-corrected chi connectivity index (χ2v) is 5.37. The van der Waals surface area contributed by atoms with Gasteiger partial charge >= 0.3 is 0 Å². The molecule has 0 unspecified atom stereocenters. The monoisotopic (exact) mass is 286 g/mol. The van der Waals surface area contributed by atoms with Gasteiger partial charge in [-0.25, -0.2) is 0 Å². The highest BCUT2D eigenvalue weighted by Crippen LogP contribution is 2.25. The molecule has 0 aromatic heterocycles. The zero-order chi connectivity index (χ0) is 14.1. The van der Waals surface area contributed by atoms with E-state index in [1.54, 1.807) is 0 Å². The van der Waals surface area contributed by atoms with Crippen LogP contribution in [0.25, 0.3) is 0 Å². The van der Waals surface area contributed by atoms with Gasteiger partial charge in [0.2, 0.25) is 0 Å². The number of halogens is 1. The van der Waals surface area contributed by atoms with Crippen LogP contribution in [0, 0.1) is 0 Å². The lowest BCUT2D eigenvalue weighted by molar-refractivity contribution is -0.152. The number of unbranched alkanes of at least 4 members (excludes halogenated alkanes) is 1. The van der Waals surface area contributed by atoms with Crippen molar-refractivity contribution in [1.29, 1.82) is 0 Å². The maximum atomic E-state index is 8.75. The van der Waals surface area contributed by atoms with E-state index in [0.29, 0.717) is 12.8 Å². The van der Waals surface area contributed by atoms with Crippen LogP contribution in [0.3, 0.4) is 0 Å². The lowest BCUT2D eigenvalue weighted by atomic mass is 10.1. The number of aliphatic hydroxyl groups excluding tert-OH is 1. The van der Waals surface area contributed by atoms with Gasteiger partial charge in [-0.2, -0.15) is 0 Å². The maximum absolute atomic E-state index is 8.75. The van der Waals surface area contributed by atoms with Crippen LogP contribution in [0.2, 0.25) is 5.02 Å². The number of aliphatic hydroxyl groups is 3. The molecular weight excluding hydrogens is 264 g/mol. The molecule has 0 amide bonds. The van der Waals surface area contributed by atoms with E-state index < -0.39 is 5.79 Å². The van der Waals surface area contributed by atoms with Gasteiger partial charge in [0.25, 0.3) is 0 Å². The number of rotatable bonds is 4. The van der Waals surface area contributed by atoms with Gasteiger partial charge in [0, 0.05) is 24.5 Å². The fraction of sp³-hybridized carbons (Fsp3) is 0.600. The SMILES string of the molecule is OC1(O)CCCC1.OCCCCc1ccccc1Cl. The van der Waals surface area contributed by atoms with Crippen LogP contribution >= 0.6 is 11.6 Å². The molecule has 19 heavy (non-hydrogen) atoms. The van der Waals surface area contributed by atoms with Crippen molar-refractivity contribution in [2.45, 2.75) is 50.7 Å². The minimum absolute atomic E-state index is 0.268. The topological polar surface area (TPSA) is 60.7 Å². The van der Waals surface area contributed by atoms with Crippen LogP contribution in [-0.2, 0) is 6.42 Å². The summed E-state index contributed by atoms with van der Waals surface area (Å²) in [5, 5.41) is 26.9. The van der Waals surface area contributed by atoms with Crippen molar-refractivity contribution in [1.82, 2.24) is 0 Å². The van der Waals surface area contributed by atoms with Crippen molar-refractivity contribution in [2.24, 2.45) is 0 Å². The van der Waals surface area contributed by atoms with Crippen LogP contribution < -0.4 is 0 Å². The molecular formula is C15H23ClO3. The number of hydrogen-bond acceptors (Lipinski definition) is 3. The Hall–Kier alpha value is -0.610. The standard InChI is InChI=1S/C10H13ClO.C5H10O2/c11-10-7-2-1-5-9(10)6-3-4-8-12;6-5(7)3-1-2-4-5/h1-2,5,7,12H,3-4,6,8H2;6-7H,1-4H2. The van der Waals surface area contributed by atoms with Crippen LogP contribution in [0.15, 0.2) is 24.3 Å². The lowest BCUT2D eigenvalue weighted by Crippen LogP contribution is -2.21. The number of hydrogen-bond donors (Lipinski definition) is 3. The molecule has 3 N–H and O–H groups in total. The highest BCUT2D eigenvalue weighted by atomic mass is 35.5. The van der Waals surface area contributed by atoms with Gasteiger partial charge in [-0.1, -0.05) is 29.8 Å². The molecule has 3 nitrogen and oxygen atoms in total. The zero-order valence-electron chi connectivity index (χ0n) is 11.2. The third-order valence-electron chi connectivity index (χ3n) is 3.22. The molecule has 108 valence electrons. The molecule has 0 bridgehead atoms. The Morgan fingerprint density at radius 1 is 1.05 bits per heavy atom. The Morgan fingerprint density at radius 2 is 1.68 bits per heavy atom. The Kier molecular flexibility index (Phi) is 7.39. The van der Waals surface area contributed by atoms with Gasteiger partial charge in [-0.3, -0.25) is 0 Å². The normalized spacial score (nSPS) is 16.8. The second kappa shape index (κ2) is 8.54. The molecule has 1 aromatic carbocycles. The average Bonchev–Trinajstić information content (AvgIpc) is 2.77. The number of aryl methyl sites for hydroxylation is 1. The Balaban J connectivity index is 0.000000218. The van der Waals surface area contributed by atoms with E-state index in [1.807, 2.05) is 24.3 Å². The first-order valence-corrected chi connectivity index (χ1v) is 7.22. The van der Waals surface area contributed by atoms with Crippen molar-refractivity contribution in [3.63, 3.8) is 0 Å². The summed E-state index contributed by atoms with van der Waals surface area (Å²) in [4.78, 5) is 0. The van der Waals surface area contributed by atoms with Crippen LogP contribution in [0.5, 0.6) is 0 Å². The van der Waals surface area contributed by atoms with Crippen molar-refractivity contribution in [2.75, 3.05) is 6.61 Å². The summed E-state index contributed by atoms with van der Waals surface area (Å²) in [5.41, 5.74) is 1.17. The summed E-state index contributed by atoms with van der Waals surface area (Å²) in [6.45, 7) is 0.268. The van der Waals surface area contributed by atoms with Crippen LogP contribution in [0.1, 0.15) is 44.1 Å². The van der Waals surface area contributed by atoms with E-state index in [1.165, 1.54) is 5.56 Å². The maximum Gasteiger partial charge on any atom is 0.162 e. The molecule has 1 aliphatic carbocycles. The molecule has 0 spiro atoms. The summed E-state index contributed by atoms with van der Waals surface area (Å²) in [7, 11) is 0. The average molecular weight is 287 g/mol. The first-order chi connectivity index (χ1) is 9.05.